The molecule has 0 atom stereocenters. The van der Waals surface area contributed by atoms with Crippen LogP contribution in [0.4, 0.5) is 0 Å². The number of carbonyl (C=O) groups excluding carboxylic acids is 2. The third kappa shape index (κ3) is 3.25. The first-order chi connectivity index (χ1) is 6.11. The maximum Gasteiger partial charge on any atom is 1.00 e. The van der Waals surface area contributed by atoms with Crippen molar-refractivity contribution >= 4 is 11.9 Å². The second-order valence-electron chi connectivity index (χ2n) is 2.40. The molecule has 0 radical (unpaired) electrons. The van der Waals surface area contributed by atoms with Crippen molar-refractivity contribution in [3.05, 3.63) is 29.8 Å². The molecule has 1 aromatic rings. The summed E-state index contributed by atoms with van der Waals surface area (Å²) in [6.07, 6.45) is 0. The fourth-order valence-corrected chi connectivity index (χ4v) is 0.832. The Morgan fingerprint density at radius 2 is 1.93 bits per heavy atom. The van der Waals surface area contributed by atoms with E-state index in [0.717, 1.165) is 6.92 Å². The Morgan fingerprint density at radius 3 is 2.43 bits per heavy atom. The third-order valence-corrected chi connectivity index (χ3v) is 1.36. The van der Waals surface area contributed by atoms with Gasteiger partial charge in [-0.05, 0) is 12.1 Å². The van der Waals surface area contributed by atoms with E-state index in [1.165, 1.54) is 12.1 Å². The van der Waals surface area contributed by atoms with Crippen molar-refractivity contribution in [2.45, 2.75) is 6.92 Å². The molecule has 0 unspecified atom stereocenters. The normalized spacial score (nSPS) is 8.64. The molecule has 14 heavy (non-hydrogen) atoms. The Balaban J connectivity index is 0. The standard InChI is InChI=1S/C9H8O4.Li.H/c1-6(10)13-9(12)7-4-2-3-5-8(7)11;;/h2-5,11H,1H3;;/q;+1;-1. The predicted octanol–water partition coefficient (Wildman–Crippen LogP) is -1.79. The minimum absolute atomic E-state index is 0. The maximum absolute atomic E-state index is 11.1. The summed E-state index contributed by atoms with van der Waals surface area (Å²) in [5.74, 6) is -1.74. The van der Waals surface area contributed by atoms with Crippen LogP contribution in [-0.4, -0.2) is 17.0 Å². The number of esters is 2. The molecule has 70 valence electrons. The van der Waals surface area contributed by atoms with E-state index in [9.17, 15) is 14.7 Å². The summed E-state index contributed by atoms with van der Waals surface area (Å²) >= 11 is 0. The number of aromatic hydroxyl groups is 1. The van der Waals surface area contributed by atoms with Crippen LogP contribution in [0.5, 0.6) is 5.75 Å². The zero-order chi connectivity index (χ0) is 9.84. The van der Waals surface area contributed by atoms with Gasteiger partial charge < -0.3 is 11.3 Å². The van der Waals surface area contributed by atoms with Crippen molar-refractivity contribution in [1.29, 1.82) is 0 Å². The monoisotopic (exact) mass is 188 g/mol. The van der Waals surface area contributed by atoms with Gasteiger partial charge in [0.1, 0.15) is 11.3 Å². The number of ether oxygens (including phenoxy) is 1. The number of phenolic OH excluding ortho intramolecular Hbond substituents is 1. The topological polar surface area (TPSA) is 63.6 Å². The number of rotatable bonds is 1. The van der Waals surface area contributed by atoms with E-state index in [2.05, 4.69) is 4.74 Å². The summed E-state index contributed by atoms with van der Waals surface area (Å²) in [5, 5.41) is 9.18. The van der Waals surface area contributed by atoms with Gasteiger partial charge in [0.15, 0.2) is 0 Å². The summed E-state index contributed by atoms with van der Waals surface area (Å²) in [4.78, 5) is 21.5. The Morgan fingerprint density at radius 1 is 1.36 bits per heavy atom. The number of para-hydroxylation sites is 1. The first-order valence-electron chi connectivity index (χ1n) is 3.62. The number of carbonyl (C=O) groups is 2. The Kier molecular flexibility index (Phi) is 4.99. The molecule has 4 nitrogen and oxygen atoms in total. The van der Waals surface area contributed by atoms with Crippen LogP contribution in [0.1, 0.15) is 18.7 Å². The van der Waals surface area contributed by atoms with Crippen LogP contribution in [0.25, 0.3) is 0 Å². The molecule has 0 fully saturated rings. The van der Waals surface area contributed by atoms with Gasteiger partial charge in [-0.25, -0.2) is 4.79 Å². The van der Waals surface area contributed by atoms with Gasteiger partial charge in [0.25, 0.3) is 0 Å². The van der Waals surface area contributed by atoms with E-state index in [0.29, 0.717) is 0 Å². The molecule has 0 saturated carbocycles. The van der Waals surface area contributed by atoms with Crippen LogP contribution in [0, 0.1) is 0 Å². The number of hydrogen-bond acceptors (Lipinski definition) is 4. The smallest absolute Gasteiger partial charge is 1.00 e. The molecular formula is C9H9LiO4. The van der Waals surface area contributed by atoms with E-state index in [1.54, 1.807) is 12.1 Å². The minimum Gasteiger partial charge on any atom is -1.00 e. The van der Waals surface area contributed by atoms with Crippen molar-refractivity contribution in [1.82, 2.24) is 0 Å². The molecule has 1 rings (SSSR count). The van der Waals surface area contributed by atoms with Crippen LogP contribution in [0.2, 0.25) is 0 Å². The zero-order valence-electron chi connectivity index (χ0n) is 8.98. The largest absolute Gasteiger partial charge is 1.00 e. The fourth-order valence-electron chi connectivity index (χ4n) is 0.832. The molecule has 0 saturated heterocycles. The van der Waals surface area contributed by atoms with E-state index in [1.807, 2.05) is 0 Å². The first-order valence-corrected chi connectivity index (χ1v) is 3.62. The minimum atomic E-state index is -0.842. The number of hydrogen-bond donors (Lipinski definition) is 1. The molecule has 0 bridgehead atoms. The molecule has 0 spiro atoms. The van der Waals surface area contributed by atoms with Crippen molar-refractivity contribution < 1.29 is 39.7 Å². The van der Waals surface area contributed by atoms with Crippen molar-refractivity contribution in [2.24, 2.45) is 0 Å². The predicted molar refractivity (Wildman–Crippen MR) is 45.3 cm³/mol. The molecule has 1 N–H and O–H groups in total. The average Bonchev–Trinajstić information content (AvgIpc) is 2.03. The fraction of sp³-hybridized carbons (Fsp3) is 0.111. The van der Waals surface area contributed by atoms with Crippen LogP contribution < -0.4 is 18.9 Å². The zero-order valence-corrected chi connectivity index (χ0v) is 7.98. The second kappa shape index (κ2) is 5.48. The van der Waals surface area contributed by atoms with Crippen LogP contribution in [0.3, 0.4) is 0 Å². The quantitative estimate of drug-likeness (QED) is 0.321. The number of benzene rings is 1. The van der Waals surface area contributed by atoms with Gasteiger partial charge in [-0.15, -0.1) is 0 Å². The van der Waals surface area contributed by atoms with Crippen molar-refractivity contribution in [3.8, 4) is 5.75 Å². The molecule has 0 heterocycles. The molecule has 0 aliphatic heterocycles. The summed E-state index contributed by atoms with van der Waals surface area (Å²) in [6.45, 7) is 1.12. The first kappa shape index (κ1) is 12.8. The summed E-state index contributed by atoms with van der Waals surface area (Å²) < 4.78 is 4.28. The van der Waals surface area contributed by atoms with E-state index >= 15 is 0 Å². The van der Waals surface area contributed by atoms with Crippen molar-refractivity contribution in [3.63, 3.8) is 0 Å². The van der Waals surface area contributed by atoms with Crippen molar-refractivity contribution in [2.75, 3.05) is 0 Å². The second-order valence-corrected chi connectivity index (χ2v) is 2.40. The molecule has 0 amide bonds. The van der Waals surface area contributed by atoms with E-state index in [4.69, 9.17) is 0 Å². The summed E-state index contributed by atoms with van der Waals surface area (Å²) in [6, 6.07) is 5.85. The molecule has 0 aromatic heterocycles. The van der Waals surface area contributed by atoms with Crippen LogP contribution in [-0.2, 0) is 9.53 Å². The molecule has 0 aliphatic rings. The summed E-state index contributed by atoms with van der Waals surface area (Å²) in [7, 11) is 0. The van der Waals surface area contributed by atoms with Gasteiger partial charge in [0.2, 0.25) is 0 Å². The average molecular weight is 188 g/mol. The van der Waals surface area contributed by atoms with Gasteiger partial charge in [0.05, 0.1) is 0 Å². The Labute approximate surface area is 94.5 Å². The SMILES string of the molecule is CC(=O)OC(=O)c1ccccc1O.[H-].[Li+]. The van der Waals surface area contributed by atoms with E-state index in [-0.39, 0.29) is 31.6 Å². The molecule has 1 aromatic carbocycles. The molecule has 5 heteroatoms. The summed E-state index contributed by atoms with van der Waals surface area (Å²) in [5.41, 5.74) is -0.0160. The van der Waals surface area contributed by atoms with Gasteiger partial charge in [0, 0.05) is 6.92 Å². The molecular weight excluding hydrogens is 179 g/mol. The van der Waals surface area contributed by atoms with Crippen LogP contribution >= 0.6 is 0 Å². The van der Waals surface area contributed by atoms with Gasteiger partial charge in [-0.2, -0.15) is 0 Å². The maximum atomic E-state index is 11.1. The number of phenols is 1. The Bertz CT molecular complexity index is 354. The Hall–Kier alpha value is -1.24. The van der Waals surface area contributed by atoms with Gasteiger partial charge in [-0.3, -0.25) is 4.79 Å². The molecule has 0 aliphatic carbocycles. The van der Waals surface area contributed by atoms with Gasteiger partial charge >= 0.3 is 30.8 Å². The third-order valence-electron chi connectivity index (χ3n) is 1.36. The van der Waals surface area contributed by atoms with Crippen LogP contribution in [0.15, 0.2) is 24.3 Å². The van der Waals surface area contributed by atoms with E-state index < -0.39 is 11.9 Å². The van der Waals surface area contributed by atoms with Gasteiger partial charge in [-0.1, -0.05) is 12.1 Å².